The third-order valence-electron chi connectivity index (χ3n) is 3.77. The Hall–Kier alpha value is -1.19. The maximum Gasteiger partial charge on any atom is 0.221 e. The Morgan fingerprint density at radius 2 is 2.05 bits per heavy atom. The fourth-order valence-electron chi connectivity index (χ4n) is 2.53. The highest BCUT2D eigenvalue weighted by Gasteiger charge is 2.06. The normalized spacial score (nSPS) is 14.4. The number of anilines is 1. The molecule has 1 aromatic rings. The lowest BCUT2D eigenvalue weighted by molar-refractivity contribution is -0.120. The molecule has 0 spiro atoms. The summed E-state index contributed by atoms with van der Waals surface area (Å²) >= 11 is 12.0. The summed E-state index contributed by atoms with van der Waals surface area (Å²) in [7, 11) is 0. The van der Waals surface area contributed by atoms with Crippen molar-refractivity contribution in [3.63, 3.8) is 0 Å². The van der Waals surface area contributed by atoms with E-state index in [2.05, 4.69) is 16.7 Å². The lowest BCUT2D eigenvalue weighted by Crippen LogP contribution is -2.26. The lowest BCUT2D eigenvalue weighted by Gasteiger charge is -2.13. The monoisotopic (exact) mass is 340 g/mol. The molecule has 0 aromatic heterocycles. The number of rotatable bonds is 7. The first-order valence-corrected chi connectivity index (χ1v) is 8.55. The Morgan fingerprint density at radius 3 is 2.82 bits per heavy atom. The number of carbonyl (C=O) groups excluding carboxylic acids is 1. The molecule has 2 N–H and O–H groups in total. The molecule has 0 aliphatic heterocycles. The predicted octanol–water partition coefficient (Wildman–Crippen LogP) is 4.80. The van der Waals surface area contributed by atoms with E-state index < -0.39 is 0 Å². The fraction of sp³-hybridized carbons (Fsp3) is 0.471. The summed E-state index contributed by atoms with van der Waals surface area (Å²) in [6, 6.07) is 5.41. The summed E-state index contributed by atoms with van der Waals surface area (Å²) in [5.41, 5.74) is 2.24. The van der Waals surface area contributed by atoms with E-state index >= 15 is 0 Å². The largest absolute Gasteiger partial charge is 0.383 e. The molecular formula is C17H22Cl2N2O. The number of hydrogen-bond donors (Lipinski definition) is 2. The number of benzene rings is 1. The third kappa shape index (κ3) is 5.54. The molecule has 5 heteroatoms. The molecule has 1 amide bonds. The van der Waals surface area contributed by atoms with Crippen LogP contribution in [0.3, 0.4) is 0 Å². The lowest BCUT2D eigenvalue weighted by atomic mass is 9.97. The van der Waals surface area contributed by atoms with Crippen LogP contribution in [0.2, 0.25) is 10.0 Å². The highest BCUT2D eigenvalue weighted by atomic mass is 35.5. The summed E-state index contributed by atoms with van der Waals surface area (Å²) in [5, 5.41) is 7.10. The van der Waals surface area contributed by atoms with Gasteiger partial charge in [-0.15, -0.1) is 0 Å². The van der Waals surface area contributed by atoms with Gasteiger partial charge < -0.3 is 10.6 Å². The maximum absolute atomic E-state index is 11.8. The minimum absolute atomic E-state index is 0.0575. The van der Waals surface area contributed by atoms with Crippen LogP contribution in [0, 0.1) is 0 Å². The van der Waals surface area contributed by atoms with Gasteiger partial charge in [-0.2, -0.15) is 0 Å². The van der Waals surface area contributed by atoms with Crippen LogP contribution in [0.15, 0.2) is 29.8 Å². The molecule has 0 atom stereocenters. The van der Waals surface area contributed by atoms with Crippen molar-refractivity contribution in [3.05, 3.63) is 39.9 Å². The Balaban J connectivity index is 1.63. The SMILES string of the molecule is O=C(CCNc1cccc(Cl)c1Cl)NCCC1=CCCCC1. The summed E-state index contributed by atoms with van der Waals surface area (Å²) < 4.78 is 0. The Labute approximate surface area is 142 Å². The Kier molecular flexibility index (Phi) is 7.07. The van der Waals surface area contributed by atoms with Gasteiger partial charge in [0.1, 0.15) is 0 Å². The van der Waals surface area contributed by atoms with Crippen molar-refractivity contribution in [1.29, 1.82) is 0 Å². The molecular weight excluding hydrogens is 319 g/mol. The topological polar surface area (TPSA) is 41.1 Å². The average Bonchev–Trinajstić information content (AvgIpc) is 2.52. The van der Waals surface area contributed by atoms with Crippen molar-refractivity contribution < 1.29 is 4.79 Å². The number of amides is 1. The van der Waals surface area contributed by atoms with E-state index in [0.29, 0.717) is 23.0 Å². The summed E-state index contributed by atoms with van der Waals surface area (Å²) in [6.45, 7) is 1.26. The van der Waals surface area contributed by atoms with E-state index in [1.165, 1.54) is 31.3 Å². The van der Waals surface area contributed by atoms with Crippen molar-refractivity contribution >= 4 is 34.8 Å². The molecule has 0 fully saturated rings. The van der Waals surface area contributed by atoms with Crippen LogP contribution in [-0.4, -0.2) is 19.0 Å². The molecule has 0 saturated heterocycles. The van der Waals surface area contributed by atoms with Crippen molar-refractivity contribution in [2.75, 3.05) is 18.4 Å². The zero-order chi connectivity index (χ0) is 15.8. The number of hydrogen-bond acceptors (Lipinski definition) is 2. The molecule has 22 heavy (non-hydrogen) atoms. The third-order valence-corrected chi connectivity index (χ3v) is 4.59. The van der Waals surface area contributed by atoms with Gasteiger partial charge in [0.15, 0.2) is 0 Å². The highest BCUT2D eigenvalue weighted by molar-refractivity contribution is 6.43. The van der Waals surface area contributed by atoms with E-state index in [1.807, 2.05) is 12.1 Å². The molecule has 0 heterocycles. The zero-order valence-electron chi connectivity index (χ0n) is 12.6. The van der Waals surface area contributed by atoms with Crippen LogP contribution in [0.5, 0.6) is 0 Å². The van der Waals surface area contributed by atoms with Crippen LogP contribution in [0.4, 0.5) is 5.69 Å². The van der Waals surface area contributed by atoms with E-state index in [0.717, 1.165) is 18.7 Å². The van der Waals surface area contributed by atoms with Crippen molar-refractivity contribution in [2.45, 2.75) is 38.5 Å². The van der Waals surface area contributed by atoms with Crippen molar-refractivity contribution in [3.8, 4) is 0 Å². The maximum atomic E-state index is 11.8. The summed E-state index contributed by atoms with van der Waals surface area (Å²) in [6.07, 6.45) is 8.66. The van der Waals surface area contributed by atoms with Crippen molar-refractivity contribution in [1.82, 2.24) is 5.32 Å². The highest BCUT2D eigenvalue weighted by Crippen LogP contribution is 2.29. The molecule has 0 bridgehead atoms. The second kappa shape index (κ2) is 9.06. The standard InChI is InChI=1S/C17H22Cl2N2O/c18-14-7-4-8-15(17(14)19)20-12-10-16(22)21-11-9-13-5-2-1-3-6-13/h4-5,7-8,20H,1-3,6,9-12H2,(H,21,22). The summed E-state index contributed by atoms with van der Waals surface area (Å²) in [5.74, 6) is 0.0575. The molecule has 120 valence electrons. The molecule has 0 unspecified atom stereocenters. The summed E-state index contributed by atoms with van der Waals surface area (Å²) in [4.78, 5) is 11.8. The van der Waals surface area contributed by atoms with E-state index in [4.69, 9.17) is 23.2 Å². The van der Waals surface area contributed by atoms with Crippen LogP contribution in [0.1, 0.15) is 38.5 Å². The van der Waals surface area contributed by atoms with E-state index in [1.54, 1.807) is 6.07 Å². The van der Waals surface area contributed by atoms with Crippen LogP contribution < -0.4 is 10.6 Å². The molecule has 0 saturated carbocycles. The van der Waals surface area contributed by atoms with Crippen molar-refractivity contribution in [2.24, 2.45) is 0 Å². The van der Waals surface area contributed by atoms with Gasteiger partial charge in [-0.3, -0.25) is 4.79 Å². The first-order chi connectivity index (χ1) is 10.7. The Morgan fingerprint density at radius 1 is 1.18 bits per heavy atom. The zero-order valence-corrected chi connectivity index (χ0v) is 14.1. The van der Waals surface area contributed by atoms with Gasteiger partial charge in [0.2, 0.25) is 5.91 Å². The first-order valence-electron chi connectivity index (χ1n) is 7.79. The smallest absolute Gasteiger partial charge is 0.221 e. The van der Waals surface area contributed by atoms with Crippen LogP contribution >= 0.6 is 23.2 Å². The van der Waals surface area contributed by atoms with Crippen LogP contribution in [-0.2, 0) is 4.79 Å². The van der Waals surface area contributed by atoms with Gasteiger partial charge in [0.05, 0.1) is 15.7 Å². The van der Waals surface area contributed by atoms with Gasteiger partial charge >= 0.3 is 0 Å². The second-order valence-electron chi connectivity index (χ2n) is 5.49. The number of carbonyl (C=O) groups is 1. The van der Waals surface area contributed by atoms with Gasteiger partial charge in [0, 0.05) is 19.5 Å². The van der Waals surface area contributed by atoms with Crippen LogP contribution in [0.25, 0.3) is 0 Å². The van der Waals surface area contributed by atoms with E-state index in [-0.39, 0.29) is 5.91 Å². The molecule has 0 radical (unpaired) electrons. The van der Waals surface area contributed by atoms with Gasteiger partial charge in [-0.25, -0.2) is 0 Å². The predicted molar refractivity (Wildman–Crippen MR) is 93.7 cm³/mol. The fourth-order valence-corrected chi connectivity index (χ4v) is 2.90. The minimum atomic E-state index is 0.0575. The van der Waals surface area contributed by atoms with Gasteiger partial charge in [-0.1, -0.05) is 40.9 Å². The Bertz CT molecular complexity index is 543. The number of halogens is 2. The second-order valence-corrected chi connectivity index (χ2v) is 6.27. The quantitative estimate of drug-likeness (QED) is 0.699. The van der Waals surface area contributed by atoms with E-state index in [9.17, 15) is 4.79 Å². The minimum Gasteiger partial charge on any atom is -0.383 e. The average molecular weight is 341 g/mol. The number of nitrogens with one attached hydrogen (secondary N) is 2. The molecule has 1 aliphatic rings. The molecule has 1 aromatic carbocycles. The van der Waals surface area contributed by atoms with Gasteiger partial charge in [-0.05, 0) is 44.2 Å². The van der Waals surface area contributed by atoms with Gasteiger partial charge in [0.25, 0.3) is 0 Å². The molecule has 2 rings (SSSR count). The first kappa shape index (κ1) is 17.2. The molecule has 1 aliphatic carbocycles. The molecule has 3 nitrogen and oxygen atoms in total. The number of allylic oxidation sites excluding steroid dienone is 1.